The van der Waals surface area contributed by atoms with E-state index in [-0.39, 0.29) is 0 Å². The maximum atomic E-state index is 3.17. The van der Waals surface area contributed by atoms with Crippen LogP contribution in [0.5, 0.6) is 0 Å². The molecule has 0 aromatic carbocycles. The van der Waals surface area contributed by atoms with Gasteiger partial charge in [-0.15, -0.1) is 0 Å². The first-order valence-corrected chi connectivity index (χ1v) is 6.00. The molecule has 0 heterocycles. The van der Waals surface area contributed by atoms with Crippen LogP contribution in [0.1, 0.15) is 13.8 Å². The average molecular weight is 228 g/mol. The molecule has 0 saturated heterocycles. The predicted molar refractivity (Wildman–Crippen MR) is 33.6 cm³/mol. The van der Waals surface area contributed by atoms with Crippen LogP contribution < -0.4 is 26.5 Å². The van der Waals surface area contributed by atoms with Crippen molar-refractivity contribution in [3.05, 3.63) is 0 Å². The van der Waals surface area contributed by atoms with Crippen molar-refractivity contribution in [3.63, 3.8) is 0 Å². The molecule has 0 aliphatic carbocycles. The first kappa shape index (κ1) is 8.69. The van der Waals surface area contributed by atoms with Crippen LogP contribution in [0, 0.1) is 5.92 Å². The van der Waals surface area contributed by atoms with E-state index in [9.17, 15) is 0 Å². The van der Waals surface area contributed by atoms with Crippen molar-refractivity contribution in [2.45, 2.75) is 13.8 Å². The van der Waals surface area contributed by atoms with E-state index in [0.29, 0.717) is 21.2 Å². The summed E-state index contributed by atoms with van der Waals surface area (Å²) in [6.45, 7) is 4.57. The monoisotopic (exact) mass is 228 g/mol. The Morgan fingerprint density at radius 3 is 2.50 bits per heavy atom. The van der Waals surface area contributed by atoms with Crippen molar-refractivity contribution in [2.24, 2.45) is 5.92 Å². The first-order chi connectivity index (χ1) is 3.77. The second kappa shape index (κ2) is 5.82. The molecule has 0 rings (SSSR count). The van der Waals surface area contributed by atoms with Crippen molar-refractivity contribution in [1.29, 1.82) is 0 Å². The molecule has 0 unspecified atom stereocenters. The second-order valence-corrected chi connectivity index (χ2v) is 4.95. The Balaban J connectivity index is 2.72. The van der Waals surface area contributed by atoms with Gasteiger partial charge in [0, 0.05) is 0 Å². The summed E-state index contributed by atoms with van der Waals surface area (Å²) in [5, 5.41) is 3.17. The molecule has 0 bridgehead atoms. The van der Waals surface area contributed by atoms with E-state index in [1.807, 2.05) is 7.05 Å². The second-order valence-electron chi connectivity index (χ2n) is 2.22. The van der Waals surface area contributed by atoms with Crippen LogP contribution in [0.3, 0.4) is 0 Å². The van der Waals surface area contributed by atoms with Gasteiger partial charge < -0.3 is 0 Å². The molecule has 0 aromatic rings. The predicted octanol–water partition coefficient (Wildman–Crippen LogP) is -2.09. The summed E-state index contributed by atoms with van der Waals surface area (Å²) < 4.78 is 2.73. The summed E-state index contributed by atoms with van der Waals surface area (Å²) in [4.78, 5) is 0. The van der Waals surface area contributed by atoms with Crippen molar-refractivity contribution < 1.29 is 21.2 Å². The molecule has 8 heavy (non-hydrogen) atoms. The van der Waals surface area contributed by atoms with E-state index in [4.69, 9.17) is 0 Å². The molecule has 0 radical (unpaired) electrons. The number of hydrogen-bond donors (Lipinski definition) is 1. The number of halogens is 1. The van der Waals surface area contributed by atoms with E-state index in [0.717, 1.165) is 5.92 Å². The minimum atomic E-state index is 0.473. The summed E-state index contributed by atoms with van der Waals surface area (Å²) in [7, 11) is 2.03. The minimum absolute atomic E-state index is 0.473. The Hall–Kier alpha value is 0.690. The van der Waals surface area contributed by atoms with Gasteiger partial charge in [0.2, 0.25) is 0 Å². The third-order valence-electron chi connectivity index (χ3n) is 0.646. The zero-order chi connectivity index (χ0) is 6.41. The molecule has 0 atom stereocenters. The maximum absolute atomic E-state index is 3.17. The van der Waals surface area contributed by atoms with Gasteiger partial charge in [-0.25, -0.2) is 0 Å². The van der Waals surface area contributed by atoms with Crippen LogP contribution in [0.15, 0.2) is 0 Å². The van der Waals surface area contributed by atoms with Gasteiger partial charge in [0.1, 0.15) is 0 Å². The fourth-order valence-corrected chi connectivity index (χ4v) is 2.46. The zero-order valence-electron chi connectivity index (χ0n) is 5.87. The van der Waals surface area contributed by atoms with Gasteiger partial charge in [0.15, 0.2) is 0 Å². The summed E-state index contributed by atoms with van der Waals surface area (Å²) in [5.41, 5.74) is 0. The molecule has 0 fully saturated rings. The molecule has 1 nitrogen and oxygen atoms in total. The van der Waals surface area contributed by atoms with Crippen molar-refractivity contribution in [3.8, 4) is 0 Å². The fourth-order valence-electron chi connectivity index (χ4n) is 0.367. The Morgan fingerprint density at radius 1 is 1.50 bits per heavy atom. The van der Waals surface area contributed by atoms with Crippen LogP contribution in [-0.4, -0.2) is 16.0 Å². The van der Waals surface area contributed by atoms with E-state index in [1.54, 1.807) is 0 Å². The molecule has 0 amide bonds. The number of rotatable bonds is 4. The van der Waals surface area contributed by atoms with Gasteiger partial charge >= 0.3 is 62.3 Å². The Kier molecular flexibility index (Phi) is 6.32. The van der Waals surface area contributed by atoms with Gasteiger partial charge in [-0.3, -0.25) is 0 Å². The Bertz CT molecular complexity index is 45.8. The van der Waals surface area contributed by atoms with Gasteiger partial charge in [0.05, 0.1) is 0 Å². The van der Waals surface area contributed by atoms with Crippen molar-refractivity contribution in [1.82, 2.24) is 5.32 Å². The zero-order valence-corrected chi connectivity index (χ0v) is 8.03. The van der Waals surface area contributed by atoms with E-state index < -0.39 is 0 Å². The molecular weight excluding hydrogens is 213 g/mol. The molecule has 1 N–H and O–H groups in total. The van der Waals surface area contributed by atoms with Crippen LogP contribution in [0.25, 0.3) is 0 Å². The molecule has 52 valence electrons. The molecular formula is C6H15IN-. The van der Waals surface area contributed by atoms with Crippen LogP contribution in [-0.2, 0) is 0 Å². The number of nitrogens with one attached hydrogen (secondary N) is 1. The first-order valence-electron chi connectivity index (χ1n) is 2.95. The molecule has 2 heteroatoms. The normalized spacial score (nSPS) is 11.0. The Morgan fingerprint density at radius 2 is 2.12 bits per heavy atom. The molecule has 0 aromatic heterocycles. The summed E-state index contributed by atoms with van der Waals surface area (Å²) >= 11 is 0.473. The standard InChI is InChI=1S/C6H15IN/c1-6(2)4-7-5-8-3/h6,8H,4-5H2,1-3H3/q-1. The number of hydrogen-bond acceptors (Lipinski definition) is 1. The van der Waals surface area contributed by atoms with Gasteiger partial charge in [-0.1, -0.05) is 0 Å². The summed E-state index contributed by atoms with van der Waals surface area (Å²) in [6, 6.07) is 0. The van der Waals surface area contributed by atoms with Crippen molar-refractivity contribution >= 4 is 0 Å². The average Bonchev–Trinajstić information content (AvgIpc) is 1.66. The van der Waals surface area contributed by atoms with Gasteiger partial charge in [-0.05, 0) is 0 Å². The quantitative estimate of drug-likeness (QED) is 0.252. The summed E-state index contributed by atoms with van der Waals surface area (Å²) in [5.74, 6) is 0.913. The SMILES string of the molecule is CNC[I-]CC(C)C. The third-order valence-corrected chi connectivity index (χ3v) is 4.33. The topological polar surface area (TPSA) is 12.0 Å². The molecule has 0 saturated carbocycles. The van der Waals surface area contributed by atoms with E-state index >= 15 is 0 Å². The molecule has 0 aliphatic heterocycles. The number of alkyl halides is 2. The van der Waals surface area contributed by atoms with Gasteiger partial charge in [0.25, 0.3) is 0 Å². The Labute approximate surface area is 62.5 Å². The van der Waals surface area contributed by atoms with Crippen molar-refractivity contribution in [2.75, 3.05) is 16.0 Å². The van der Waals surface area contributed by atoms with E-state index in [1.165, 1.54) is 8.98 Å². The third kappa shape index (κ3) is 6.69. The van der Waals surface area contributed by atoms with E-state index in [2.05, 4.69) is 19.2 Å². The molecule has 0 spiro atoms. The van der Waals surface area contributed by atoms with Gasteiger partial charge in [-0.2, -0.15) is 0 Å². The van der Waals surface area contributed by atoms with Crippen LogP contribution in [0.2, 0.25) is 0 Å². The fraction of sp³-hybridized carbons (Fsp3) is 1.00. The van der Waals surface area contributed by atoms with Crippen LogP contribution >= 0.6 is 0 Å². The van der Waals surface area contributed by atoms with Crippen LogP contribution in [0.4, 0.5) is 0 Å². The summed E-state index contributed by atoms with van der Waals surface area (Å²) in [6.07, 6.45) is 0. The molecule has 0 aliphatic rings.